The number of aliphatic carboxylic acids is 1. The highest BCUT2D eigenvalue weighted by molar-refractivity contribution is 5.67. The Labute approximate surface area is 120 Å². The number of benzene rings is 1. The van der Waals surface area contributed by atoms with Gasteiger partial charge in [0.2, 0.25) is 0 Å². The van der Waals surface area contributed by atoms with Crippen molar-refractivity contribution in [1.82, 2.24) is 4.90 Å². The van der Waals surface area contributed by atoms with Crippen molar-refractivity contribution in [2.45, 2.75) is 32.7 Å². The van der Waals surface area contributed by atoms with E-state index in [0.29, 0.717) is 6.61 Å². The summed E-state index contributed by atoms with van der Waals surface area (Å²) in [5.74, 6) is 0.530. The first-order valence-corrected chi connectivity index (χ1v) is 7.34. The van der Waals surface area contributed by atoms with Crippen molar-refractivity contribution in [3.8, 4) is 5.75 Å². The lowest BCUT2D eigenvalue weighted by Gasteiger charge is -2.32. The van der Waals surface area contributed by atoms with Gasteiger partial charge in [-0.2, -0.15) is 0 Å². The third-order valence-electron chi connectivity index (χ3n) is 3.73. The maximum Gasteiger partial charge on any atom is 0.303 e. The van der Waals surface area contributed by atoms with Crippen LogP contribution >= 0.6 is 0 Å². The van der Waals surface area contributed by atoms with E-state index >= 15 is 0 Å². The molecule has 1 heterocycles. The molecule has 20 heavy (non-hydrogen) atoms. The molecule has 1 atom stereocenters. The average Bonchev–Trinajstić information content (AvgIpc) is 2.41. The van der Waals surface area contributed by atoms with Crippen LogP contribution < -0.4 is 4.74 Å². The monoisotopic (exact) mass is 277 g/mol. The first-order chi connectivity index (χ1) is 9.69. The molecular formula is C16H23NO3. The molecule has 0 spiro atoms. The summed E-state index contributed by atoms with van der Waals surface area (Å²) in [6.07, 6.45) is 2.38. The fraction of sp³-hybridized carbons (Fsp3) is 0.562. The molecule has 2 rings (SSSR count). The predicted octanol–water partition coefficient (Wildman–Crippen LogP) is 2.77. The van der Waals surface area contributed by atoms with Gasteiger partial charge in [0.1, 0.15) is 5.75 Å². The van der Waals surface area contributed by atoms with Gasteiger partial charge in [-0.25, -0.2) is 0 Å². The van der Waals surface area contributed by atoms with E-state index in [1.54, 1.807) is 0 Å². The summed E-state index contributed by atoms with van der Waals surface area (Å²) in [5, 5.41) is 8.92. The SMILES string of the molecule is CCOc1ccccc1CN1CCCC(CC(=O)O)C1. The number of carboxylic acid groups (broad SMARTS) is 1. The number of likely N-dealkylation sites (tertiary alicyclic amines) is 1. The van der Waals surface area contributed by atoms with E-state index < -0.39 is 5.97 Å². The number of nitrogens with zero attached hydrogens (tertiary/aromatic N) is 1. The Bertz CT molecular complexity index is 447. The van der Waals surface area contributed by atoms with E-state index in [4.69, 9.17) is 9.84 Å². The normalized spacial score (nSPS) is 19.8. The Balaban J connectivity index is 1.97. The van der Waals surface area contributed by atoms with Gasteiger partial charge in [-0.15, -0.1) is 0 Å². The molecule has 110 valence electrons. The predicted molar refractivity (Wildman–Crippen MR) is 77.9 cm³/mol. The molecule has 0 aromatic heterocycles. The fourth-order valence-electron chi connectivity index (χ4n) is 2.88. The average molecular weight is 277 g/mol. The maximum atomic E-state index is 10.8. The lowest BCUT2D eigenvalue weighted by atomic mass is 9.94. The van der Waals surface area contributed by atoms with Crippen molar-refractivity contribution >= 4 is 5.97 Å². The number of piperidine rings is 1. The maximum absolute atomic E-state index is 10.8. The van der Waals surface area contributed by atoms with Gasteiger partial charge in [0.15, 0.2) is 0 Å². The van der Waals surface area contributed by atoms with Crippen LogP contribution in [0.15, 0.2) is 24.3 Å². The summed E-state index contributed by atoms with van der Waals surface area (Å²) in [7, 11) is 0. The van der Waals surface area contributed by atoms with Crippen molar-refractivity contribution in [1.29, 1.82) is 0 Å². The molecule has 1 saturated heterocycles. The van der Waals surface area contributed by atoms with E-state index in [0.717, 1.165) is 38.2 Å². The molecule has 1 unspecified atom stereocenters. The molecule has 4 heteroatoms. The first kappa shape index (κ1) is 14.9. The van der Waals surface area contributed by atoms with Gasteiger partial charge in [-0.05, 0) is 38.3 Å². The van der Waals surface area contributed by atoms with Gasteiger partial charge in [0, 0.05) is 25.1 Å². The summed E-state index contributed by atoms with van der Waals surface area (Å²) >= 11 is 0. The van der Waals surface area contributed by atoms with Crippen LogP contribution in [-0.2, 0) is 11.3 Å². The van der Waals surface area contributed by atoms with Crippen LogP contribution in [-0.4, -0.2) is 35.7 Å². The van der Waals surface area contributed by atoms with Gasteiger partial charge >= 0.3 is 5.97 Å². The van der Waals surface area contributed by atoms with Crippen molar-refractivity contribution < 1.29 is 14.6 Å². The Kier molecular flexibility index (Phi) is 5.41. The third kappa shape index (κ3) is 4.23. The summed E-state index contributed by atoms with van der Waals surface area (Å²) in [6, 6.07) is 8.10. The fourth-order valence-corrected chi connectivity index (χ4v) is 2.88. The third-order valence-corrected chi connectivity index (χ3v) is 3.73. The molecule has 1 aromatic rings. The molecule has 1 fully saturated rings. The number of carbonyl (C=O) groups is 1. The lowest BCUT2D eigenvalue weighted by molar-refractivity contribution is -0.138. The summed E-state index contributed by atoms with van der Waals surface area (Å²) in [5.41, 5.74) is 1.19. The van der Waals surface area contributed by atoms with Gasteiger partial charge in [0.05, 0.1) is 6.61 Å². The Hall–Kier alpha value is -1.55. The minimum atomic E-state index is -0.688. The number of rotatable bonds is 6. The number of carboxylic acids is 1. The van der Waals surface area contributed by atoms with Gasteiger partial charge in [-0.1, -0.05) is 18.2 Å². The minimum absolute atomic E-state index is 0.278. The van der Waals surface area contributed by atoms with E-state index in [1.807, 2.05) is 25.1 Å². The Morgan fingerprint density at radius 1 is 1.45 bits per heavy atom. The zero-order valence-electron chi connectivity index (χ0n) is 12.0. The van der Waals surface area contributed by atoms with Crippen molar-refractivity contribution in [3.05, 3.63) is 29.8 Å². The quantitative estimate of drug-likeness (QED) is 0.868. The largest absolute Gasteiger partial charge is 0.494 e. The van der Waals surface area contributed by atoms with Gasteiger partial charge in [-0.3, -0.25) is 9.69 Å². The molecule has 4 nitrogen and oxygen atoms in total. The second-order valence-corrected chi connectivity index (χ2v) is 5.38. The molecule has 0 saturated carbocycles. The van der Waals surface area contributed by atoms with E-state index in [1.165, 1.54) is 5.56 Å². The molecule has 1 aromatic carbocycles. The summed E-state index contributed by atoms with van der Waals surface area (Å²) in [4.78, 5) is 13.2. The van der Waals surface area contributed by atoms with Crippen LogP contribution in [0.5, 0.6) is 5.75 Å². The van der Waals surface area contributed by atoms with E-state index in [9.17, 15) is 4.79 Å². The standard InChI is InChI=1S/C16H23NO3/c1-2-20-15-8-4-3-7-14(15)12-17-9-5-6-13(11-17)10-16(18)19/h3-4,7-8,13H,2,5-6,9-12H2,1H3,(H,18,19). The number of hydrogen-bond acceptors (Lipinski definition) is 3. The molecule has 0 aliphatic carbocycles. The topological polar surface area (TPSA) is 49.8 Å². The van der Waals surface area contributed by atoms with Crippen LogP contribution in [0.3, 0.4) is 0 Å². The van der Waals surface area contributed by atoms with Crippen LogP contribution in [0.4, 0.5) is 0 Å². The van der Waals surface area contributed by atoms with E-state index in [-0.39, 0.29) is 12.3 Å². The van der Waals surface area contributed by atoms with E-state index in [2.05, 4.69) is 11.0 Å². The van der Waals surface area contributed by atoms with Gasteiger partial charge < -0.3 is 9.84 Å². The van der Waals surface area contributed by atoms with Crippen LogP contribution in [0.1, 0.15) is 31.7 Å². The molecular weight excluding hydrogens is 254 g/mol. The second-order valence-electron chi connectivity index (χ2n) is 5.38. The summed E-state index contributed by atoms with van der Waals surface area (Å²) < 4.78 is 5.65. The highest BCUT2D eigenvalue weighted by atomic mass is 16.5. The number of ether oxygens (including phenoxy) is 1. The zero-order valence-corrected chi connectivity index (χ0v) is 12.0. The second kappa shape index (κ2) is 7.29. The van der Waals surface area contributed by atoms with Crippen molar-refractivity contribution in [2.24, 2.45) is 5.92 Å². The number of para-hydroxylation sites is 1. The minimum Gasteiger partial charge on any atom is -0.494 e. The molecule has 0 radical (unpaired) electrons. The molecule has 1 aliphatic rings. The molecule has 0 bridgehead atoms. The molecule has 0 amide bonds. The Morgan fingerprint density at radius 3 is 3.00 bits per heavy atom. The highest BCUT2D eigenvalue weighted by Crippen LogP contribution is 2.24. The molecule has 1 aliphatic heterocycles. The van der Waals surface area contributed by atoms with Crippen LogP contribution in [0, 0.1) is 5.92 Å². The van der Waals surface area contributed by atoms with Crippen molar-refractivity contribution in [3.63, 3.8) is 0 Å². The Morgan fingerprint density at radius 2 is 2.25 bits per heavy atom. The molecule has 1 N–H and O–H groups in total. The van der Waals surface area contributed by atoms with Crippen molar-refractivity contribution in [2.75, 3.05) is 19.7 Å². The summed E-state index contributed by atoms with van der Waals surface area (Å²) in [6.45, 7) is 5.40. The number of hydrogen-bond donors (Lipinski definition) is 1. The van der Waals surface area contributed by atoms with Gasteiger partial charge in [0.25, 0.3) is 0 Å². The first-order valence-electron chi connectivity index (χ1n) is 7.34. The highest BCUT2D eigenvalue weighted by Gasteiger charge is 2.22. The lowest BCUT2D eigenvalue weighted by Crippen LogP contribution is -2.35. The smallest absolute Gasteiger partial charge is 0.303 e. The van der Waals surface area contributed by atoms with Crippen LogP contribution in [0.2, 0.25) is 0 Å². The zero-order chi connectivity index (χ0) is 14.4. The van der Waals surface area contributed by atoms with Crippen LogP contribution in [0.25, 0.3) is 0 Å².